The first-order chi connectivity index (χ1) is 13.3. The van der Waals surface area contributed by atoms with Crippen molar-refractivity contribution in [2.45, 2.75) is 6.18 Å². The normalized spacial score (nSPS) is 11.7. The molecule has 1 N–H and O–H groups in total. The average Bonchev–Trinajstić information content (AvgIpc) is 3.25. The molecule has 0 saturated carbocycles. The number of thiazole rings is 1. The van der Waals surface area contributed by atoms with Gasteiger partial charge in [-0.3, -0.25) is 10.1 Å². The summed E-state index contributed by atoms with van der Waals surface area (Å²) in [6.45, 7) is 0. The van der Waals surface area contributed by atoms with Crippen molar-refractivity contribution in [3.8, 4) is 11.3 Å². The second-order valence-corrected chi connectivity index (χ2v) is 6.93. The number of nitrogens with zero attached hydrogens (tertiary/aromatic N) is 4. The molecule has 0 aliphatic rings. The first kappa shape index (κ1) is 18.1. The van der Waals surface area contributed by atoms with Gasteiger partial charge in [-0.25, -0.2) is 9.97 Å². The molecule has 4 aromatic rings. The lowest BCUT2D eigenvalue weighted by Crippen LogP contribution is -2.16. The van der Waals surface area contributed by atoms with Gasteiger partial charge in [0.25, 0.3) is 5.91 Å². The lowest BCUT2D eigenvalue weighted by molar-refractivity contribution is -0.137. The fourth-order valence-electron chi connectivity index (χ4n) is 2.71. The van der Waals surface area contributed by atoms with E-state index >= 15 is 0 Å². The van der Waals surface area contributed by atoms with Gasteiger partial charge >= 0.3 is 6.18 Å². The molecule has 0 atom stereocenters. The van der Waals surface area contributed by atoms with Crippen LogP contribution in [0.25, 0.3) is 21.6 Å². The predicted octanol–water partition coefficient (Wildman–Crippen LogP) is 4.36. The van der Waals surface area contributed by atoms with Crippen molar-refractivity contribution in [3.05, 3.63) is 60.2 Å². The topological polar surface area (TPSA) is 72.7 Å². The van der Waals surface area contributed by atoms with Gasteiger partial charge in [0.1, 0.15) is 0 Å². The molecule has 0 unspecified atom stereocenters. The standard InChI is InChI=1S/C18H12F3N5OS/c1-26-9-8-22-15(26)16(27)25-17-24-14-13(28-17)7-6-12(23-14)10-4-2-3-5-11(10)18(19,20)21/h2-9H,1H3,(H,23,24,25,27). The van der Waals surface area contributed by atoms with Gasteiger partial charge in [-0.05, 0) is 18.2 Å². The van der Waals surface area contributed by atoms with Gasteiger partial charge in [-0.2, -0.15) is 18.2 Å². The van der Waals surface area contributed by atoms with Crippen LogP contribution in [0.4, 0.5) is 18.3 Å². The summed E-state index contributed by atoms with van der Waals surface area (Å²) in [4.78, 5) is 24.7. The summed E-state index contributed by atoms with van der Waals surface area (Å²) in [5.41, 5.74) is -0.369. The number of carbonyl (C=O) groups is 1. The second-order valence-electron chi connectivity index (χ2n) is 5.90. The number of imidazole rings is 1. The number of halogens is 3. The Morgan fingerprint density at radius 1 is 1.14 bits per heavy atom. The molecule has 6 nitrogen and oxygen atoms in total. The van der Waals surface area contributed by atoms with Crippen LogP contribution in [0.2, 0.25) is 0 Å². The highest BCUT2D eigenvalue weighted by Crippen LogP contribution is 2.37. The number of pyridine rings is 1. The molecule has 0 radical (unpaired) electrons. The average molecular weight is 403 g/mol. The minimum Gasteiger partial charge on any atom is -0.330 e. The number of benzene rings is 1. The third-order valence-electron chi connectivity index (χ3n) is 4.01. The van der Waals surface area contributed by atoms with E-state index in [1.165, 1.54) is 41.8 Å². The van der Waals surface area contributed by atoms with Crippen LogP contribution in [0.5, 0.6) is 0 Å². The number of carbonyl (C=O) groups excluding carboxylic acids is 1. The van der Waals surface area contributed by atoms with Gasteiger partial charge in [0.15, 0.2) is 16.6 Å². The minimum atomic E-state index is -4.49. The summed E-state index contributed by atoms with van der Waals surface area (Å²) in [7, 11) is 1.69. The lowest BCUT2D eigenvalue weighted by Gasteiger charge is -2.11. The van der Waals surface area contributed by atoms with E-state index in [9.17, 15) is 18.0 Å². The van der Waals surface area contributed by atoms with Crippen LogP contribution in [-0.2, 0) is 13.2 Å². The minimum absolute atomic E-state index is 0.0245. The molecular weight excluding hydrogens is 391 g/mol. The summed E-state index contributed by atoms with van der Waals surface area (Å²) >= 11 is 1.18. The highest BCUT2D eigenvalue weighted by atomic mass is 32.1. The number of alkyl halides is 3. The van der Waals surface area contributed by atoms with Crippen LogP contribution >= 0.6 is 11.3 Å². The van der Waals surface area contributed by atoms with E-state index in [1.54, 1.807) is 23.9 Å². The molecule has 4 rings (SSSR count). The van der Waals surface area contributed by atoms with Crippen LogP contribution < -0.4 is 5.32 Å². The van der Waals surface area contributed by atoms with E-state index in [4.69, 9.17) is 0 Å². The predicted molar refractivity (Wildman–Crippen MR) is 99.0 cm³/mol. The van der Waals surface area contributed by atoms with Gasteiger partial charge in [0, 0.05) is 25.0 Å². The summed E-state index contributed by atoms with van der Waals surface area (Å²) < 4.78 is 42.0. The second kappa shape index (κ2) is 6.71. The van der Waals surface area contributed by atoms with Crippen molar-refractivity contribution in [1.82, 2.24) is 19.5 Å². The number of hydrogen-bond donors (Lipinski definition) is 1. The molecule has 142 valence electrons. The fraction of sp³-hybridized carbons (Fsp3) is 0.111. The van der Waals surface area contributed by atoms with Gasteiger partial charge < -0.3 is 4.57 Å². The van der Waals surface area contributed by atoms with Crippen LogP contribution in [-0.4, -0.2) is 25.4 Å². The largest absolute Gasteiger partial charge is 0.417 e. The van der Waals surface area contributed by atoms with Crippen LogP contribution in [0.1, 0.15) is 16.2 Å². The molecule has 0 aliphatic heterocycles. The van der Waals surface area contributed by atoms with Gasteiger partial charge in [-0.15, -0.1) is 0 Å². The monoisotopic (exact) mass is 403 g/mol. The Balaban J connectivity index is 1.68. The Labute approximate surface area is 160 Å². The number of nitrogens with one attached hydrogen (secondary N) is 1. The fourth-order valence-corrected chi connectivity index (χ4v) is 3.52. The molecule has 3 aromatic heterocycles. The number of amides is 1. The van der Waals surface area contributed by atoms with Crippen molar-refractivity contribution in [1.29, 1.82) is 0 Å². The quantitative estimate of drug-likeness (QED) is 0.552. The number of aryl methyl sites for hydroxylation is 1. The third kappa shape index (κ3) is 3.33. The summed E-state index contributed by atoms with van der Waals surface area (Å²) in [5.74, 6) is -0.221. The maximum absolute atomic E-state index is 13.3. The highest BCUT2D eigenvalue weighted by Gasteiger charge is 2.33. The van der Waals surface area contributed by atoms with Crippen molar-refractivity contribution < 1.29 is 18.0 Å². The van der Waals surface area contributed by atoms with E-state index in [0.717, 1.165) is 6.07 Å². The molecule has 0 bridgehead atoms. The van der Waals surface area contributed by atoms with Gasteiger partial charge in [0.05, 0.1) is 16.0 Å². The molecule has 10 heteroatoms. The molecule has 1 amide bonds. The zero-order valence-electron chi connectivity index (χ0n) is 14.4. The summed E-state index contributed by atoms with van der Waals surface area (Å²) in [6.07, 6.45) is -1.35. The van der Waals surface area contributed by atoms with Crippen LogP contribution in [0.3, 0.4) is 0 Å². The maximum atomic E-state index is 13.3. The molecule has 0 fully saturated rings. The highest BCUT2D eigenvalue weighted by molar-refractivity contribution is 7.22. The summed E-state index contributed by atoms with van der Waals surface area (Å²) in [5, 5.41) is 2.92. The van der Waals surface area contributed by atoms with Crippen molar-refractivity contribution in [3.63, 3.8) is 0 Å². The Morgan fingerprint density at radius 3 is 2.64 bits per heavy atom. The van der Waals surface area contributed by atoms with Crippen LogP contribution in [0, 0.1) is 0 Å². The SMILES string of the molecule is Cn1ccnc1C(=O)Nc1nc2nc(-c3ccccc3C(F)(F)F)ccc2s1. The van der Waals surface area contributed by atoms with Crippen molar-refractivity contribution in [2.75, 3.05) is 5.32 Å². The molecule has 0 aliphatic carbocycles. The number of aromatic nitrogens is 4. The molecule has 0 spiro atoms. The van der Waals surface area contributed by atoms with Crippen molar-refractivity contribution in [2.24, 2.45) is 7.05 Å². The zero-order valence-corrected chi connectivity index (χ0v) is 15.2. The number of anilines is 1. The van der Waals surface area contributed by atoms with E-state index < -0.39 is 17.6 Å². The first-order valence-electron chi connectivity index (χ1n) is 8.06. The smallest absolute Gasteiger partial charge is 0.330 e. The van der Waals surface area contributed by atoms with Gasteiger partial charge in [-0.1, -0.05) is 29.5 Å². The van der Waals surface area contributed by atoms with E-state index in [2.05, 4.69) is 20.3 Å². The van der Waals surface area contributed by atoms with Crippen LogP contribution in [0.15, 0.2) is 48.8 Å². The Kier molecular flexibility index (Phi) is 4.34. The molecule has 1 aromatic carbocycles. The Bertz CT molecular complexity index is 1180. The third-order valence-corrected chi connectivity index (χ3v) is 4.93. The molecule has 3 heterocycles. The maximum Gasteiger partial charge on any atom is 0.417 e. The van der Waals surface area contributed by atoms with Crippen molar-refractivity contribution >= 4 is 32.7 Å². The van der Waals surface area contributed by atoms with E-state index in [-0.39, 0.29) is 27.9 Å². The lowest BCUT2D eigenvalue weighted by atomic mass is 10.0. The van der Waals surface area contributed by atoms with E-state index in [0.29, 0.717) is 4.70 Å². The zero-order chi connectivity index (χ0) is 19.9. The molecule has 28 heavy (non-hydrogen) atoms. The number of hydrogen-bond acceptors (Lipinski definition) is 5. The van der Waals surface area contributed by atoms with Gasteiger partial charge in [0.2, 0.25) is 0 Å². The molecule has 0 saturated heterocycles. The van der Waals surface area contributed by atoms with E-state index in [1.807, 2.05) is 0 Å². The Hall–Kier alpha value is -3.27. The summed E-state index contributed by atoms with van der Waals surface area (Å²) in [6, 6.07) is 8.39. The number of fused-ring (bicyclic) bond motifs is 1. The molecular formula is C18H12F3N5OS. The first-order valence-corrected chi connectivity index (χ1v) is 8.87. The number of rotatable bonds is 3. The Morgan fingerprint density at radius 2 is 1.93 bits per heavy atom.